The van der Waals surface area contributed by atoms with Gasteiger partial charge in [-0.05, 0) is 32.3 Å². The quantitative estimate of drug-likeness (QED) is 0.569. The van der Waals surface area contributed by atoms with Crippen LogP contribution in [0.15, 0.2) is 54.6 Å². The Kier molecular flexibility index (Phi) is 6.52. The lowest BCUT2D eigenvalue weighted by atomic mass is 9.93. The number of carbonyl (C=O) groups is 3. The molecule has 0 spiro atoms. The first kappa shape index (κ1) is 21.5. The summed E-state index contributed by atoms with van der Waals surface area (Å²) < 4.78 is 0. The Hall–Kier alpha value is -3.19. The zero-order chi connectivity index (χ0) is 21.7. The van der Waals surface area contributed by atoms with Crippen molar-refractivity contribution in [3.63, 3.8) is 0 Å². The number of aryl methyl sites for hydroxylation is 2. The number of hydrazine groups is 1. The van der Waals surface area contributed by atoms with Crippen molar-refractivity contribution in [3.05, 3.63) is 71.3 Å². The predicted octanol–water partition coefficient (Wildman–Crippen LogP) is 0.984. The van der Waals surface area contributed by atoms with Gasteiger partial charge in [0.05, 0.1) is 7.05 Å². The van der Waals surface area contributed by atoms with Gasteiger partial charge in [0.25, 0.3) is 11.8 Å². The second kappa shape index (κ2) is 9.09. The fourth-order valence-electron chi connectivity index (χ4n) is 3.55. The second-order valence-corrected chi connectivity index (χ2v) is 8.22. The van der Waals surface area contributed by atoms with Crippen molar-refractivity contribution < 1.29 is 19.3 Å². The Morgan fingerprint density at radius 3 is 2.40 bits per heavy atom. The van der Waals surface area contributed by atoms with Gasteiger partial charge >= 0.3 is 6.03 Å². The molecule has 2 aromatic rings. The molecule has 2 atom stereocenters. The van der Waals surface area contributed by atoms with Crippen LogP contribution in [0.25, 0.3) is 0 Å². The molecule has 1 fully saturated rings. The van der Waals surface area contributed by atoms with Gasteiger partial charge in [-0.3, -0.25) is 15.0 Å². The van der Waals surface area contributed by atoms with Crippen molar-refractivity contribution in [1.29, 1.82) is 0 Å². The largest absolute Gasteiger partial charge is 0.344 e. The molecule has 7 nitrogen and oxygen atoms in total. The van der Waals surface area contributed by atoms with Crippen molar-refractivity contribution in [1.82, 2.24) is 15.8 Å². The van der Waals surface area contributed by atoms with Gasteiger partial charge in [-0.2, -0.15) is 5.01 Å². The van der Waals surface area contributed by atoms with E-state index >= 15 is 0 Å². The number of nitrogens with zero attached hydrogens (tertiary/aromatic N) is 1. The topological polar surface area (TPSA) is 82.9 Å². The van der Waals surface area contributed by atoms with Crippen molar-refractivity contribution in [2.24, 2.45) is 0 Å². The SMILES string of the molecule is Cc1ccc(C[NH+](C)CC(=O)NN2C(=O)N[C@](C)(CCc3ccccc3)C2=O)cc1. The van der Waals surface area contributed by atoms with Crippen LogP contribution in [0.5, 0.6) is 0 Å². The molecule has 30 heavy (non-hydrogen) atoms. The standard InChI is InChI=1S/C23H28N4O3/c1-17-9-11-19(12-10-17)15-26(3)16-20(28)25-27-21(29)23(2,24-22(27)30)14-13-18-7-5-4-6-8-18/h4-12H,13-16H2,1-3H3,(H,24,30)(H,25,28)/p+1/t23-/m1/s1. The molecule has 1 aliphatic heterocycles. The molecule has 0 saturated carbocycles. The number of quaternary nitrogens is 1. The molecule has 3 N–H and O–H groups in total. The molecule has 0 aliphatic carbocycles. The van der Waals surface area contributed by atoms with E-state index in [-0.39, 0.29) is 12.5 Å². The minimum atomic E-state index is -1.04. The second-order valence-electron chi connectivity index (χ2n) is 8.22. The lowest BCUT2D eigenvalue weighted by Gasteiger charge is -2.22. The number of benzene rings is 2. The number of hydrogen-bond acceptors (Lipinski definition) is 3. The molecule has 1 heterocycles. The summed E-state index contributed by atoms with van der Waals surface area (Å²) in [5, 5.41) is 3.53. The van der Waals surface area contributed by atoms with Crippen LogP contribution in [-0.4, -0.2) is 42.0 Å². The molecule has 0 aromatic heterocycles. The average molecular weight is 410 g/mol. The van der Waals surface area contributed by atoms with Gasteiger partial charge < -0.3 is 10.2 Å². The summed E-state index contributed by atoms with van der Waals surface area (Å²) in [4.78, 5) is 38.5. The molecule has 158 valence electrons. The fourth-order valence-corrected chi connectivity index (χ4v) is 3.55. The maximum absolute atomic E-state index is 12.8. The van der Waals surface area contributed by atoms with E-state index in [2.05, 4.69) is 10.7 Å². The van der Waals surface area contributed by atoms with Crippen molar-refractivity contribution >= 4 is 17.8 Å². The highest BCUT2D eigenvalue weighted by molar-refractivity contribution is 6.07. The number of hydrogen-bond donors (Lipinski definition) is 3. The smallest absolute Gasteiger partial charge is 0.326 e. The molecule has 1 saturated heterocycles. The van der Waals surface area contributed by atoms with E-state index in [9.17, 15) is 14.4 Å². The molecule has 3 rings (SSSR count). The number of rotatable bonds is 8. The molecular formula is C23H29N4O3+. The van der Waals surface area contributed by atoms with Gasteiger partial charge in [0, 0.05) is 5.56 Å². The Balaban J connectivity index is 1.53. The highest BCUT2D eigenvalue weighted by atomic mass is 16.2. The molecule has 0 radical (unpaired) electrons. The van der Waals surface area contributed by atoms with E-state index in [0.29, 0.717) is 19.4 Å². The van der Waals surface area contributed by atoms with E-state index in [1.165, 1.54) is 5.56 Å². The minimum absolute atomic E-state index is 0.145. The Labute approximate surface area is 177 Å². The summed E-state index contributed by atoms with van der Waals surface area (Å²) in [7, 11) is 1.90. The van der Waals surface area contributed by atoms with Gasteiger partial charge in [-0.15, -0.1) is 0 Å². The third-order valence-electron chi connectivity index (χ3n) is 5.34. The lowest BCUT2D eigenvalue weighted by Crippen LogP contribution is -3.09. The predicted molar refractivity (Wildman–Crippen MR) is 113 cm³/mol. The van der Waals surface area contributed by atoms with Crippen LogP contribution in [0.4, 0.5) is 4.79 Å². The van der Waals surface area contributed by atoms with E-state index in [1.54, 1.807) is 6.92 Å². The monoisotopic (exact) mass is 409 g/mol. The number of nitrogens with one attached hydrogen (secondary N) is 3. The summed E-state index contributed by atoms with van der Waals surface area (Å²) >= 11 is 0. The third-order valence-corrected chi connectivity index (χ3v) is 5.34. The first-order chi connectivity index (χ1) is 14.3. The Morgan fingerprint density at radius 1 is 1.07 bits per heavy atom. The first-order valence-corrected chi connectivity index (χ1v) is 10.1. The van der Waals surface area contributed by atoms with Crippen LogP contribution in [0, 0.1) is 6.92 Å². The molecule has 1 unspecified atom stereocenters. The summed E-state index contributed by atoms with van der Waals surface area (Å²) in [6, 6.07) is 17.3. The van der Waals surface area contributed by atoms with Gasteiger partial charge in [0.15, 0.2) is 6.54 Å². The van der Waals surface area contributed by atoms with Crippen molar-refractivity contribution in [2.45, 2.75) is 38.8 Å². The van der Waals surface area contributed by atoms with Crippen LogP contribution in [0.1, 0.15) is 30.0 Å². The minimum Gasteiger partial charge on any atom is -0.326 e. The first-order valence-electron chi connectivity index (χ1n) is 10.1. The Bertz CT molecular complexity index is 914. The third kappa shape index (κ3) is 5.24. The Morgan fingerprint density at radius 2 is 1.73 bits per heavy atom. The van der Waals surface area contributed by atoms with Gasteiger partial charge in [0.2, 0.25) is 0 Å². The van der Waals surface area contributed by atoms with E-state index < -0.39 is 17.5 Å². The highest BCUT2D eigenvalue weighted by Crippen LogP contribution is 2.22. The zero-order valence-electron chi connectivity index (χ0n) is 17.7. The zero-order valence-corrected chi connectivity index (χ0v) is 17.7. The summed E-state index contributed by atoms with van der Waals surface area (Å²) in [6.45, 7) is 4.53. The summed E-state index contributed by atoms with van der Waals surface area (Å²) in [5.74, 6) is -0.816. The molecule has 2 aromatic carbocycles. The molecule has 4 amide bonds. The van der Waals surface area contributed by atoms with Crippen LogP contribution in [0.2, 0.25) is 0 Å². The van der Waals surface area contributed by atoms with E-state index in [0.717, 1.165) is 21.0 Å². The molecule has 1 aliphatic rings. The normalized spacial score (nSPS) is 19.5. The number of urea groups is 1. The maximum Gasteiger partial charge on any atom is 0.344 e. The van der Waals surface area contributed by atoms with Crippen LogP contribution in [-0.2, 0) is 22.6 Å². The van der Waals surface area contributed by atoms with Crippen molar-refractivity contribution in [2.75, 3.05) is 13.6 Å². The highest BCUT2D eigenvalue weighted by Gasteiger charge is 2.48. The van der Waals surface area contributed by atoms with E-state index in [1.807, 2.05) is 68.6 Å². The van der Waals surface area contributed by atoms with Crippen LogP contribution >= 0.6 is 0 Å². The lowest BCUT2D eigenvalue weighted by molar-refractivity contribution is -0.885. The van der Waals surface area contributed by atoms with Crippen molar-refractivity contribution in [3.8, 4) is 0 Å². The number of carbonyl (C=O) groups excluding carboxylic acids is 3. The van der Waals surface area contributed by atoms with Gasteiger partial charge in [-0.1, -0.05) is 60.2 Å². The molecular weight excluding hydrogens is 380 g/mol. The van der Waals surface area contributed by atoms with Crippen LogP contribution < -0.4 is 15.6 Å². The molecule has 0 bridgehead atoms. The average Bonchev–Trinajstić information content (AvgIpc) is 2.92. The fraction of sp³-hybridized carbons (Fsp3) is 0.348. The van der Waals surface area contributed by atoms with Gasteiger partial charge in [-0.25, -0.2) is 4.79 Å². The summed E-state index contributed by atoms with van der Waals surface area (Å²) in [5.41, 5.74) is 4.82. The maximum atomic E-state index is 12.8. The summed E-state index contributed by atoms with van der Waals surface area (Å²) in [6.07, 6.45) is 1.10. The van der Waals surface area contributed by atoms with Gasteiger partial charge in [0.1, 0.15) is 12.1 Å². The number of amides is 4. The number of imide groups is 1. The van der Waals surface area contributed by atoms with E-state index in [4.69, 9.17) is 0 Å². The number of likely N-dealkylation sites (N-methyl/N-ethyl adjacent to an activating group) is 1. The molecule has 7 heteroatoms. The van der Waals surface area contributed by atoms with Crippen LogP contribution in [0.3, 0.4) is 0 Å².